The Hall–Kier alpha value is -1.61. The molecular formula is C17H24O3. The molecule has 1 N–H and O–H groups in total. The molecule has 1 rings (SSSR count). The number of rotatable bonds is 8. The molecule has 1 unspecified atom stereocenters. The molecule has 0 radical (unpaired) electrons. The summed E-state index contributed by atoms with van der Waals surface area (Å²) in [4.78, 5) is 11.2. The molecule has 1 atom stereocenters. The van der Waals surface area contributed by atoms with E-state index in [-0.39, 0.29) is 5.97 Å². The van der Waals surface area contributed by atoms with Crippen molar-refractivity contribution in [2.24, 2.45) is 0 Å². The zero-order valence-electron chi connectivity index (χ0n) is 12.3. The Morgan fingerprint density at radius 1 is 1.30 bits per heavy atom. The molecule has 0 aliphatic heterocycles. The molecular weight excluding hydrogens is 252 g/mol. The third-order valence-corrected chi connectivity index (χ3v) is 3.14. The predicted molar refractivity (Wildman–Crippen MR) is 80.3 cm³/mol. The van der Waals surface area contributed by atoms with Crippen molar-refractivity contribution in [3.8, 4) is 0 Å². The summed E-state index contributed by atoms with van der Waals surface area (Å²) in [7, 11) is 0. The Balaban J connectivity index is 2.28. The molecule has 0 heterocycles. The Labute approximate surface area is 121 Å². The smallest absolute Gasteiger partial charge is 0.306 e. The molecule has 1 aromatic carbocycles. The normalized spacial score (nSPS) is 13.1. The van der Waals surface area contributed by atoms with Gasteiger partial charge in [-0.15, -0.1) is 0 Å². The van der Waals surface area contributed by atoms with Gasteiger partial charge in [0, 0.05) is 6.42 Å². The third kappa shape index (κ3) is 6.53. The van der Waals surface area contributed by atoms with Gasteiger partial charge in [0.1, 0.15) is 0 Å². The van der Waals surface area contributed by atoms with E-state index in [1.807, 2.05) is 44.2 Å². The summed E-state index contributed by atoms with van der Waals surface area (Å²) in [5.41, 5.74) is 2.15. The van der Waals surface area contributed by atoms with E-state index < -0.39 is 6.10 Å². The van der Waals surface area contributed by atoms with Gasteiger partial charge in [-0.25, -0.2) is 0 Å². The molecule has 0 bridgehead atoms. The van der Waals surface area contributed by atoms with Crippen LogP contribution in [0.4, 0.5) is 0 Å². The lowest BCUT2D eigenvalue weighted by atomic mass is 10.0. The van der Waals surface area contributed by atoms with E-state index >= 15 is 0 Å². The fourth-order valence-corrected chi connectivity index (χ4v) is 1.98. The van der Waals surface area contributed by atoms with Crippen LogP contribution in [0.25, 0.3) is 0 Å². The highest BCUT2D eigenvalue weighted by Gasteiger charge is 2.06. The Bertz CT molecular complexity index is 423. The van der Waals surface area contributed by atoms with Gasteiger partial charge < -0.3 is 9.84 Å². The minimum atomic E-state index is -0.426. The Morgan fingerprint density at radius 3 is 2.65 bits per heavy atom. The van der Waals surface area contributed by atoms with Crippen molar-refractivity contribution in [2.75, 3.05) is 6.61 Å². The van der Waals surface area contributed by atoms with E-state index in [9.17, 15) is 9.90 Å². The summed E-state index contributed by atoms with van der Waals surface area (Å²) in [5, 5.41) is 10.1. The minimum Gasteiger partial charge on any atom is -0.466 e. The second-order valence-electron chi connectivity index (χ2n) is 4.86. The van der Waals surface area contributed by atoms with Crippen molar-refractivity contribution < 1.29 is 14.6 Å². The monoisotopic (exact) mass is 276 g/mol. The number of carbonyl (C=O) groups is 1. The van der Waals surface area contributed by atoms with Crippen molar-refractivity contribution in [3.63, 3.8) is 0 Å². The van der Waals surface area contributed by atoms with Crippen LogP contribution < -0.4 is 0 Å². The lowest BCUT2D eigenvalue weighted by Crippen LogP contribution is -2.02. The molecule has 0 aliphatic carbocycles. The van der Waals surface area contributed by atoms with Crippen LogP contribution in [0.5, 0.6) is 0 Å². The molecule has 0 saturated heterocycles. The van der Waals surface area contributed by atoms with Gasteiger partial charge in [0.2, 0.25) is 0 Å². The number of hydrogen-bond acceptors (Lipinski definition) is 3. The quantitative estimate of drug-likeness (QED) is 0.580. The van der Waals surface area contributed by atoms with E-state index in [4.69, 9.17) is 4.74 Å². The van der Waals surface area contributed by atoms with Crippen LogP contribution in [0.1, 0.15) is 51.2 Å². The molecule has 0 saturated carbocycles. The Kier molecular flexibility index (Phi) is 7.66. The van der Waals surface area contributed by atoms with Gasteiger partial charge in [-0.1, -0.05) is 42.0 Å². The highest BCUT2D eigenvalue weighted by Crippen LogP contribution is 2.20. The van der Waals surface area contributed by atoms with Crippen LogP contribution in [0.3, 0.4) is 0 Å². The van der Waals surface area contributed by atoms with E-state index in [1.54, 1.807) is 0 Å². The van der Waals surface area contributed by atoms with Crippen LogP contribution in [-0.4, -0.2) is 17.7 Å². The van der Waals surface area contributed by atoms with Crippen LogP contribution in [0.2, 0.25) is 0 Å². The maximum atomic E-state index is 11.2. The number of benzene rings is 1. The van der Waals surface area contributed by atoms with Gasteiger partial charge in [-0.05, 0) is 38.7 Å². The topological polar surface area (TPSA) is 46.5 Å². The molecule has 3 nitrogen and oxygen atoms in total. The molecule has 110 valence electrons. The summed E-state index contributed by atoms with van der Waals surface area (Å²) in [6.45, 7) is 4.28. The largest absolute Gasteiger partial charge is 0.466 e. The number of hydrogen-bond donors (Lipinski definition) is 1. The molecule has 0 spiro atoms. The Morgan fingerprint density at radius 2 is 2.00 bits per heavy atom. The fraction of sp³-hybridized carbons (Fsp3) is 0.471. The maximum Gasteiger partial charge on any atom is 0.306 e. The molecule has 0 aromatic heterocycles. The van der Waals surface area contributed by atoms with E-state index in [0.29, 0.717) is 25.9 Å². The van der Waals surface area contributed by atoms with Crippen molar-refractivity contribution in [2.45, 2.75) is 45.6 Å². The second kappa shape index (κ2) is 9.32. The van der Waals surface area contributed by atoms with E-state index in [0.717, 1.165) is 12.0 Å². The number of carbonyl (C=O) groups excluding carboxylic acids is 1. The summed E-state index contributed by atoms with van der Waals surface area (Å²) in [6.07, 6.45) is 4.28. The van der Waals surface area contributed by atoms with E-state index in [1.165, 1.54) is 5.57 Å². The van der Waals surface area contributed by atoms with Crippen molar-refractivity contribution in [3.05, 3.63) is 47.5 Å². The first kappa shape index (κ1) is 16.4. The van der Waals surface area contributed by atoms with Gasteiger partial charge in [-0.3, -0.25) is 4.79 Å². The standard InChI is InChI=1S/C17H24O3/c1-3-20-17(19)11-7-8-14(2)12-13-16(18)15-9-5-4-6-10-15/h4-6,8-10,16,18H,3,7,11-13H2,1-2H3/b14-8+. The van der Waals surface area contributed by atoms with Gasteiger partial charge in [-0.2, -0.15) is 0 Å². The number of aliphatic hydroxyl groups excluding tert-OH is 1. The lowest BCUT2D eigenvalue weighted by Gasteiger charge is -2.10. The molecule has 0 amide bonds. The van der Waals surface area contributed by atoms with E-state index in [2.05, 4.69) is 6.08 Å². The second-order valence-corrected chi connectivity index (χ2v) is 4.86. The summed E-state index contributed by atoms with van der Waals surface area (Å²) < 4.78 is 4.87. The van der Waals surface area contributed by atoms with Gasteiger partial charge in [0.25, 0.3) is 0 Å². The van der Waals surface area contributed by atoms with Crippen LogP contribution >= 0.6 is 0 Å². The first-order valence-corrected chi connectivity index (χ1v) is 7.17. The van der Waals surface area contributed by atoms with Crippen LogP contribution in [0, 0.1) is 0 Å². The number of esters is 1. The molecule has 3 heteroatoms. The highest BCUT2D eigenvalue weighted by atomic mass is 16.5. The average molecular weight is 276 g/mol. The van der Waals surface area contributed by atoms with Crippen molar-refractivity contribution in [1.82, 2.24) is 0 Å². The summed E-state index contributed by atoms with van der Waals surface area (Å²) in [6, 6.07) is 9.67. The highest BCUT2D eigenvalue weighted by molar-refractivity contribution is 5.69. The predicted octanol–water partition coefficient (Wildman–Crippen LogP) is 3.79. The molecule has 1 aromatic rings. The molecule has 0 fully saturated rings. The maximum absolute atomic E-state index is 11.2. The number of aliphatic hydroxyl groups is 1. The lowest BCUT2D eigenvalue weighted by molar-refractivity contribution is -0.143. The SMILES string of the molecule is CCOC(=O)CC/C=C(\C)CCC(O)c1ccccc1. The van der Waals surface area contributed by atoms with Crippen LogP contribution in [-0.2, 0) is 9.53 Å². The van der Waals surface area contributed by atoms with Gasteiger partial charge in [0.05, 0.1) is 12.7 Å². The van der Waals surface area contributed by atoms with Crippen LogP contribution in [0.15, 0.2) is 42.0 Å². The minimum absolute atomic E-state index is 0.152. The average Bonchev–Trinajstić information content (AvgIpc) is 2.46. The zero-order chi connectivity index (χ0) is 14.8. The fourth-order valence-electron chi connectivity index (χ4n) is 1.98. The first-order chi connectivity index (χ1) is 9.63. The third-order valence-electron chi connectivity index (χ3n) is 3.14. The first-order valence-electron chi connectivity index (χ1n) is 7.17. The van der Waals surface area contributed by atoms with Crippen molar-refractivity contribution >= 4 is 5.97 Å². The molecule has 20 heavy (non-hydrogen) atoms. The van der Waals surface area contributed by atoms with Gasteiger partial charge >= 0.3 is 5.97 Å². The van der Waals surface area contributed by atoms with Gasteiger partial charge in [0.15, 0.2) is 0 Å². The van der Waals surface area contributed by atoms with Crippen molar-refractivity contribution in [1.29, 1.82) is 0 Å². The zero-order valence-corrected chi connectivity index (χ0v) is 12.3. The summed E-state index contributed by atoms with van der Waals surface area (Å²) in [5.74, 6) is -0.152. The molecule has 0 aliphatic rings. The summed E-state index contributed by atoms with van der Waals surface area (Å²) >= 11 is 0. The number of ether oxygens (including phenoxy) is 1. The number of allylic oxidation sites excluding steroid dienone is 2.